The van der Waals surface area contributed by atoms with Crippen molar-refractivity contribution in [2.45, 2.75) is 64.5 Å². The molecule has 5 nitrogen and oxygen atoms in total. The average Bonchev–Trinajstić information content (AvgIpc) is 2.88. The van der Waals surface area contributed by atoms with E-state index < -0.39 is 5.54 Å². The van der Waals surface area contributed by atoms with Gasteiger partial charge in [-0.1, -0.05) is 13.3 Å². The molecule has 0 aromatic carbocycles. The Morgan fingerprint density at radius 2 is 2.29 bits per heavy atom. The number of rotatable bonds is 2. The standard InChI is InChI=1S/C16H24N4O/c1-12-6-5-7-16(8-12,11-17)19-14(21)13-9-18-20(10-13)15(2,3)4/h9-10,12H,5-8H2,1-4H3,(H,19,21)/t12-,16+/m0/s1. The Kier molecular flexibility index (Phi) is 4.08. The summed E-state index contributed by atoms with van der Waals surface area (Å²) >= 11 is 0. The van der Waals surface area contributed by atoms with Crippen LogP contribution >= 0.6 is 0 Å². The molecule has 1 fully saturated rings. The Morgan fingerprint density at radius 3 is 2.81 bits per heavy atom. The van der Waals surface area contributed by atoms with Gasteiger partial charge in [0.25, 0.3) is 5.91 Å². The molecule has 1 aromatic heterocycles. The third kappa shape index (κ3) is 3.44. The Balaban J connectivity index is 2.13. The van der Waals surface area contributed by atoms with Crippen molar-refractivity contribution in [1.29, 1.82) is 5.26 Å². The topological polar surface area (TPSA) is 70.7 Å². The van der Waals surface area contributed by atoms with Crippen molar-refractivity contribution < 1.29 is 4.79 Å². The molecule has 0 saturated heterocycles. The number of nitrogens with one attached hydrogen (secondary N) is 1. The fraction of sp³-hybridized carbons (Fsp3) is 0.688. The second-order valence-corrected chi connectivity index (χ2v) is 7.19. The Morgan fingerprint density at radius 1 is 1.57 bits per heavy atom. The lowest BCUT2D eigenvalue weighted by molar-refractivity contribution is 0.0890. The minimum atomic E-state index is -0.724. The maximum Gasteiger partial charge on any atom is 0.255 e. The molecule has 1 heterocycles. The van der Waals surface area contributed by atoms with Crippen LogP contribution in [0.2, 0.25) is 0 Å². The molecule has 1 aliphatic rings. The van der Waals surface area contributed by atoms with Crippen LogP contribution in [-0.4, -0.2) is 21.2 Å². The molecule has 1 N–H and O–H groups in total. The van der Waals surface area contributed by atoms with Crippen LogP contribution in [0.4, 0.5) is 0 Å². The molecule has 2 rings (SSSR count). The Labute approximate surface area is 126 Å². The van der Waals surface area contributed by atoms with Gasteiger partial charge in [-0.3, -0.25) is 9.48 Å². The van der Waals surface area contributed by atoms with Gasteiger partial charge in [-0.2, -0.15) is 10.4 Å². The third-order valence-electron chi connectivity index (χ3n) is 4.10. The van der Waals surface area contributed by atoms with Crippen LogP contribution in [0, 0.1) is 17.2 Å². The van der Waals surface area contributed by atoms with Gasteiger partial charge in [0.2, 0.25) is 0 Å². The molecule has 21 heavy (non-hydrogen) atoms. The van der Waals surface area contributed by atoms with Crippen LogP contribution in [0.1, 0.15) is 63.7 Å². The minimum absolute atomic E-state index is 0.162. The van der Waals surface area contributed by atoms with Gasteiger partial charge in [0, 0.05) is 6.20 Å². The molecule has 0 aliphatic heterocycles. The van der Waals surface area contributed by atoms with Crippen LogP contribution in [0.5, 0.6) is 0 Å². The van der Waals surface area contributed by atoms with E-state index in [1.54, 1.807) is 17.1 Å². The molecule has 5 heteroatoms. The van der Waals surface area contributed by atoms with Gasteiger partial charge in [-0.25, -0.2) is 0 Å². The molecule has 0 unspecified atom stereocenters. The summed E-state index contributed by atoms with van der Waals surface area (Å²) in [5.41, 5.74) is -0.374. The largest absolute Gasteiger partial charge is 0.334 e. The van der Waals surface area contributed by atoms with Gasteiger partial charge in [0.1, 0.15) is 5.54 Å². The summed E-state index contributed by atoms with van der Waals surface area (Å²) in [6, 6.07) is 2.33. The third-order valence-corrected chi connectivity index (χ3v) is 4.10. The summed E-state index contributed by atoms with van der Waals surface area (Å²) in [6.07, 6.45) is 6.87. The van der Waals surface area contributed by atoms with Crippen molar-refractivity contribution >= 4 is 5.91 Å². The quantitative estimate of drug-likeness (QED) is 0.909. The molecule has 1 saturated carbocycles. The predicted molar refractivity (Wildman–Crippen MR) is 80.7 cm³/mol. The number of nitriles is 1. The second kappa shape index (κ2) is 5.51. The van der Waals surface area contributed by atoms with E-state index in [1.165, 1.54) is 0 Å². The van der Waals surface area contributed by atoms with E-state index in [9.17, 15) is 10.1 Å². The van der Waals surface area contributed by atoms with Gasteiger partial charge >= 0.3 is 0 Å². The van der Waals surface area contributed by atoms with Crippen molar-refractivity contribution in [3.63, 3.8) is 0 Å². The molecule has 2 atom stereocenters. The van der Waals surface area contributed by atoms with E-state index in [4.69, 9.17) is 0 Å². The van der Waals surface area contributed by atoms with Crippen molar-refractivity contribution in [1.82, 2.24) is 15.1 Å². The molecular formula is C16H24N4O. The van der Waals surface area contributed by atoms with Crippen molar-refractivity contribution in [3.8, 4) is 6.07 Å². The zero-order valence-corrected chi connectivity index (χ0v) is 13.3. The Hall–Kier alpha value is -1.83. The summed E-state index contributed by atoms with van der Waals surface area (Å²) in [6.45, 7) is 8.22. The maximum atomic E-state index is 12.4. The first-order valence-corrected chi connectivity index (χ1v) is 7.55. The SMILES string of the molecule is C[C@H]1CCC[C@@](C#N)(NC(=O)c2cnn(C(C)(C)C)c2)C1. The molecule has 1 aliphatic carbocycles. The summed E-state index contributed by atoms with van der Waals surface area (Å²) in [7, 11) is 0. The van der Waals surface area contributed by atoms with Gasteiger partial charge in [0.05, 0.1) is 23.4 Å². The predicted octanol–water partition coefficient (Wildman–Crippen LogP) is 2.84. The van der Waals surface area contributed by atoms with Crippen LogP contribution in [0.25, 0.3) is 0 Å². The first kappa shape index (κ1) is 15.6. The molecule has 0 bridgehead atoms. The van der Waals surface area contributed by atoms with Crippen molar-refractivity contribution in [2.75, 3.05) is 0 Å². The number of carbonyl (C=O) groups is 1. The number of nitrogens with zero attached hydrogens (tertiary/aromatic N) is 3. The van der Waals surface area contributed by atoms with Crippen LogP contribution in [0.15, 0.2) is 12.4 Å². The highest BCUT2D eigenvalue weighted by molar-refractivity contribution is 5.94. The number of hydrogen-bond donors (Lipinski definition) is 1. The van der Waals surface area contributed by atoms with E-state index in [2.05, 4.69) is 23.4 Å². The lowest BCUT2D eigenvalue weighted by Crippen LogP contribution is -2.50. The monoisotopic (exact) mass is 288 g/mol. The molecule has 1 amide bonds. The highest BCUT2D eigenvalue weighted by Crippen LogP contribution is 2.32. The van der Waals surface area contributed by atoms with Gasteiger partial charge in [-0.15, -0.1) is 0 Å². The highest BCUT2D eigenvalue weighted by atomic mass is 16.1. The summed E-state index contributed by atoms with van der Waals surface area (Å²) in [5, 5.41) is 16.7. The molecule has 0 spiro atoms. The van der Waals surface area contributed by atoms with E-state index >= 15 is 0 Å². The normalized spacial score (nSPS) is 26.1. The van der Waals surface area contributed by atoms with E-state index in [1.807, 2.05) is 20.8 Å². The molecular weight excluding hydrogens is 264 g/mol. The van der Waals surface area contributed by atoms with E-state index in [0.717, 1.165) is 25.7 Å². The summed E-state index contributed by atoms with van der Waals surface area (Å²) < 4.78 is 1.77. The van der Waals surface area contributed by atoms with Gasteiger partial charge in [0.15, 0.2) is 0 Å². The number of carbonyl (C=O) groups excluding carboxylic acids is 1. The van der Waals surface area contributed by atoms with E-state index in [0.29, 0.717) is 11.5 Å². The van der Waals surface area contributed by atoms with Gasteiger partial charge < -0.3 is 5.32 Å². The van der Waals surface area contributed by atoms with Crippen LogP contribution < -0.4 is 5.32 Å². The first-order valence-electron chi connectivity index (χ1n) is 7.55. The molecule has 1 aromatic rings. The number of aromatic nitrogens is 2. The minimum Gasteiger partial charge on any atom is -0.334 e. The fourth-order valence-electron chi connectivity index (χ4n) is 2.89. The molecule has 0 radical (unpaired) electrons. The van der Waals surface area contributed by atoms with Crippen LogP contribution in [0.3, 0.4) is 0 Å². The van der Waals surface area contributed by atoms with Crippen molar-refractivity contribution in [2.24, 2.45) is 5.92 Å². The number of hydrogen-bond acceptors (Lipinski definition) is 3. The Bertz CT molecular complexity index is 564. The zero-order chi connectivity index (χ0) is 15.7. The lowest BCUT2D eigenvalue weighted by Gasteiger charge is -2.34. The summed E-state index contributed by atoms with van der Waals surface area (Å²) in [4.78, 5) is 12.4. The second-order valence-electron chi connectivity index (χ2n) is 7.19. The van der Waals surface area contributed by atoms with Crippen molar-refractivity contribution in [3.05, 3.63) is 18.0 Å². The lowest BCUT2D eigenvalue weighted by atomic mass is 9.77. The van der Waals surface area contributed by atoms with Crippen LogP contribution in [-0.2, 0) is 5.54 Å². The highest BCUT2D eigenvalue weighted by Gasteiger charge is 2.37. The maximum absolute atomic E-state index is 12.4. The molecule has 114 valence electrons. The van der Waals surface area contributed by atoms with Gasteiger partial charge in [-0.05, 0) is 46.0 Å². The number of amides is 1. The smallest absolute Gasteiger partial charge is 0.255 e. The first-order chi connectivity index (χ1) is 9.76. The van der Waals surface area contributed by atoms with E-state index in [-0.39, 0.29) is 11.4 Å². The fourth-order valence-corrected chi connectivity index (χ4v) is 2.89. The summed E-state index contributed by atoms with van der Waals surface area (Å²) in [5.74, 6) is 0.261. The average molecular weight is 288 g/mol. The zero-order valence-electron chi connectivity index (χ0n) is 13.3.